The Hall–Kier alpha value is -6.94. The summed E-state index contributed by atoms with van der Waals surface area (Å²) in [5.41, 5.74) is 18.9. The zero-order valence-corrected chi connectivity index (χ0v) is 39.8. The van der Waals surface area contributed by atoms with Crippen molar-refractivity contribution < 1.29 is 38.6 Å². The molecular weight excluding hydrogens is 875 g/mol. The van der Waals surface area contributed by atoms with E-state index in [9.17, 15) is 33.9 Å². The van der Waals surface area contributed by atoms with Crippen molar-refractivity contribution in [1.82, 2.24) is 25.7 Å². The number of hydrazine groups is 1. The maximum absolute atomic E-state index is 14.5. The first kappa shape index (κ1) is 53.0. The minimum absolute atomic E-state index is 0.0810. The van der Waals surface area contributed by atoms with Crippen molar-refractivity contribution in [3.8, 4) is 0 Å². The van der Waals surface area contributed by atoms with Gasteiger partial charge in [-0.1, -0.05) is 103 Å². The maximum Gasteiger partial charge on any atom is 0.242 e. The molecule has 15 nitrogen and oxygen atoms in total. The number of hydrogen-bond acceptors (Lipinski definition) is 9. The van der Waals surface area contributed by atoms with Gasteiger partial charge in [-0.05, 0) is 80.0 Å². The van der Waals surface area contributed by atoms with Crippen LogP contribution in [0.2, 0.25) is 0 Å². The lowest BCUT2D eigenvalue weighted by molar-refractivity contribution is -0.144. The largest absolute Gasteiger partial charge is 0.385 e. The molecule has 0 radical (unpaired) electrons. The number of ether oxygens (including phenoxy) is 1. The van der Waals surface area contributed by atoms with Crippen LogP contribution in [0.4, 0.5) is 0 Å². The highest BCUT2D eigenvalue weighted by molar-refractivity contribution is 5.95. The van der Waals surface area contributed by atoms with E-state index in [1.165, 1.54) is 7.05 Å². The van der Waals surface area contributed by atoms with Crippen molar-refractivity contribution in [2.24, 2.45) is 29.2 Å². The fourth-order valence-electron chi connectivity index (χ4n) is 8.29. The summed E-state index contributed by atoms with van der Waals surface area (Å²) < 4.78 is 4.54. The number of unbranched alkanes of at least 4 members (excludes halogenated alkanes) is 1. The van der Waals surface area contributed by atoms with Gasteiger partial charge in [-0.2, -0.15) is 0 Å². The zero-order chi connectivity index (χ0) is 49.7. The van der Waals surface area contributed by atoms with E-state index >= 15 is 0 Å². The summed E-state index contributed by atoms with van der Waals surface area (Å²) in [7, 11) is 3.06. The number of carbonyl (C=O) groups is 6. The van der Waals surface area contributed by atoms with Crippen LogP contribution in [0, 0.1) is 17.8 Å². The fraction of sp³-hybridized carbons (Fsp3) is 0.370. The van der Waals surface area contributed by atoms with Crippen molar-refractivity contribution in [2.45, 2.75) is 83.3 Å². The topological polar surface area (TPSA) is 243 Å². The molecular formula is C54H67N7O8. The second-order valence-electron chi connectivity index (χ2n) is 17.4. The van der Waals surface area contributed by atoms with E-state index in [1.807, 2.05) is 116 Å². The van der Waals surface area contributed by atoms with E-state index in [1.54, 1.807) is 19.5 Å². The van der Waals surface area contributed by atoms with Crippen LogP contribution in [0.15, 0.2) is 122 Å². The molecule has 0 aliphatic rings. The maximum atomic E-state index is 14.5. The van der Waals surface area contributed by atoms with Gasteiger partial charge in [-0.3, -0.25) is 39.2 Å². The number of aliphatic hydroxyl groups excluding tert-OH is 1. The van der Waals surface area contributed by atoms with E-state index in [0.29, 0.717) is 25.8 Å². The Morgan fingerprint density at radius 3 is 1.67 bits per heavy atom. The molecule has 366 valence electrons. The summed E-state index contributed by atoms with van der Waals surface area (Å²) >= 11 is 0. The zero-order valence-electron chi connectivity index (χ0n) is 39.8. The highest BCUT2D eigenvalue weighted by atomic mass is 16.5. The van der Waals surface area contributed by atoms with Gasteiger partial charge < -0.3 is 36.6 Å². The predicted octanol–water partition coefficient (Wildman–Crippen LogP) is 5.68. The Bertz CT molecular complexity index is 2590. The molecule has 6 rings (SSSR count). The molecule has 4 aromatic carbocycles. The molecule has 2 aromatic heterocycles. The number of nitrogens with zero attached hydrogens (tertiary/aromatic N) is 1. The van der Waals surface area contributed by atoms with E-state index < -0.39 is 59.3 Å². The molecule has 0 bridgehead atoms. The van der Waals surface area contributed by atoms with Gasteiger partial charge in [-0.25, -0.2) is 0 Å². The average molecular weight is 942 g/mol. The third kappa shape index (κ3) is 16.1. The number of H-pyrrole nitrogens is 2. The Morgan fingerprint density at radius 2 is 1.14 bits per heavy atom. The van der Waals surface area contributed by atoms with Crippen molar-refractivity contribution in [3.63, 3.8) is 0 Å². The molecule has 15 heteroatoms. The SMILES string of the molecule is CCOC.CN(NC(=O)[C@H](CC(=O)[C@@H](O)Cc1ccccc1)Cc1c[nH]c2ccccc12)C(=O)C[C@@H](Cc1c[nH]c2ccccc12)C(=O)N[C@H](Cc1ccccc1)C(=O)C[C@@H](CCCCN)C(N)=O. The number of fused-ring (bicyclic) bond motifs is 2. The third-order valence-corrected chi connectivity index (χ3v) is 12.3. The average Bonchev–Trinajstić information content (AvgIpc) is 3.97. The van der Waals surface area contributed by atoms with Crippen molar-refractivity contribution >= 4 is 57.0 Å². The van der Waals surface area contributed by atoms with Gasteiger partial charge in [0.1, 0.15) is 6.10 Å². The van der Waals surface area contributed by atoms with E-state index in [-0.39, 0.29) is 50.7 Å². The molecule has 9 N–H and O–H groups in total. The van der Waals surface area contributed by atoms with Crippen LogP contribution in [-0.2, 0) is 59.2 Å². The predicted molar refractivity (Wildman–Crippen MR) is 267 cm³/mol. The Balaban J connectivity index is 0.00000213. The molecule has 0 aliphatic carbocycles. The minimum Gasteiger partial charge on any atom is -0.385 e. The summed E-state index contributed by atoms with van der Waals surface area (Å²) in [5, 5.41) is 16.6. The van der Waals surface area contributed by atoms with Gasteiger partial charge in [-0.15, -0.1) is 0 Å². The number of rotatable bonds is 25. The molecule has 0 spiro atoms. The molecule has 2 heterocycles. The highest BCUT2D eigenvalue weighted by Crippen LogP contribution is 2.26. The Labute approximate surface area is 403 Å². The first-order valence-corrected chi connectivity index (χ1v) is 23.6. The standard InChI is InChI=1S/C51H59N7O7.C3H8O/c1-58(57-51(65)36(26-38-31-54-42-21-10-8-19-40(38)42)29-47(61)46(60)25-34-16-6-3-7-17-34)48(62)30-37(27-39-32-55-43-22-11-9-20-41(39)43)50(64)56-44(24-33-14-4-2-5-15-33)45(59)28-35(49(53)63)18-12-13-23-52;1-3-4-2/h2-11,14-17,19-22,31-32,35-37,44,46,54-55,60H,12-13,18,23-30,52H2,1H3,(H2,53,63)(H,56,64)(H,57,65);3H2,1-2H3/t35-,36+,37-,44-,46+;/m1./s1. The Kier molecular flexibility index (Phi) is 20.9. The number of Topliss-reactive ketones (excluding diaryl/α,β-unsaturated/α-hetero) is 2. The molecule has 69 heavy (non-hydrogen) atoms. The van der Waals surface area contributed by atoms with Crippen LogP contribution < -0.4 is 22.2 Å². The van der Waals surface area contributed by atoms with Gasteiger partial charge in [0.25, 0.3) is 0 Å². The summed E-state index contributed by atoms with van der Waals surface area (Å²) in [6.07, 6.45) is 3.50. The number of hydrogen-bond donors (Lipinski definition) is 7. The summed E-state index contributed by atoms with van der Waals surface area (Å²) in [4.78, 5) is 89.3. The number of methoxy groups -OCH3 is 1. The number of nitrogens with one attached hydrogen (secondary N) is 4. The van der Waals surface area contributed by atoms with Crippen molar-refractivity contribution in [1.29, 1.82) is 0 Å². The highest BCUT2D eigenvalue weighted by Gasteiger charge is 2.33. The summed E-state index contributed by atoms with van der Waals surface area (Å²) in [6, 6.07) is 32.4. The van der Waals surface area contributed by atoms with Crippen LogP contribution in [0.1, 0.15) is 67.7 Å². The summed E-state index contributed by atoms with van der Waals surface area (Å²) in [5.74, 6) is -6.01. The first-order valence-electron chi connectivity index (χ1n) is 23.6. The second kappa shape index (κ2) is 27.2. The van der Waals surface area contributed by atoms with Gasteiger partial charge in [0.15, 0.2) is 11.6 Å². The number of amides is 4. The number of ketones is 2. The second-order valence-corrected chi connectivity index (χ2v) is 17.4. The number of carbonyl (C=O) groups excluding carboxylic acids is 6. The number of aromatic nitrogens is 2. The van der Waals surface area contributed by atoms with E-state index in [2.05, 4.69) is 25.4 Å². The van der Waals surface area contributed by atoms with Gasteiger partial charge in [0.2, 0.25) is 23.6 Å². The van der Waals surface area contributed by atoms with Crippen molar-refractivity contribution in [2.75, 3.05) is 27.3 Å². The van der Waals surface area contributed by atoms with Crippen LogP contribution in [0.3, 0.4) is 0 Å². The lowest BCUT2D eigenvalue weighted by Crippen LogP contribution is -2.49. The molecule has 0 saturated carbocycles. The monoisotopic (exact) mass is 942 g/mol. The van der Waals surface area contributed by atoms with Crippen LogP contribution in [-0.4, -0.2) is 94.7 Å². The van der Waals surface area contributed by atoms with Gasteiger partial charge >= 0.3 is 0 Å². The van der Waals surface area contributed by atoms with Crippen LogP contribution >= 0.6 is 0 Å². The van der Waals surface area contributed by atoms with Crippen LogP contribution in [0.5, 0.6) is 0 Å². The van der Waals surface area contributed by atoms with Crippen LogP contribution in [0.25, 0.3) is 21.8 Å². The molecule has 0 unspecified atom stereocenters. The number of aromatic amines is 2. The lowest BCUT2D eigenvalue weighted by Gasteiger charge is -2.26. The smallest absolute Gasteiger partial charge is 0.242 e. The first-order chi connectivity index (χ1) is 33.3. The third-order valence-electron chi connectivity index (χ3n) is 12.3. The quantitative estimate of drug-likeness (QED) is 0.0276. The number of benzene rings is 4. The molecule has 4 amide bonds. The van der Waals surface area contributed by atoms with Gasteiger partial charge in [0.05, 0.1) is 17.9 Å². The number of para-hydroxylation sites is 2. The fourth-order valence-corrected chi connectivity index (χ4v) is 8.29. The van der Waals surface area contributed by atoms with E-state index in [4.69, 9.17) is 11.5 Å². The molecule has 0 fully saturated rings. The number of primary amides is 1. The van der Waals surface area contributed by atoms with Gasteiger partial charge in [0, 0.05) is 86.6 Å². The molecule has 5 atom stereocenters. The van der Waals surface area contributed by atoms with Crippen molar-refractivity contribution in [3.05, 3.63) is 144 Å². The molecule has 0 saturated heterocycles. The lowest BCUT2D eigenvalue weighted by atomic mass is 9.89. The normalized spacial score (nSPS) is 13.3. The molecule has 0 aliphatic heterocycles. The summed E-state index contributed by atoms with van der Waals surface area (Å²) in [6.45, 7) is 3.21. The van der Waals surface area contributed by atoms with E-state index in [0.717, 1.165) is 55.7 Å². The Morgan fingerprint density at radius 1 is 0.652 bits per heavy atom. The molecule has 6 aromatic rings. The number of nitrogens with two attached hydrogens (primary N) is 2. The minimum atomic E-state index is -1.35. The number of aliphatic hydroxyl groups is 1.